The van der Waals surface area contributed by atoms with E-state index in [1.54, 1.807) is 29.3 Å². The molecule has 10 nitrogen and oxygen atoms in total. The molecular weight excluding hydrogens is 354 g/mol. The van der Waals surface area contributed by atoms with E-state index in [-0.39, 0.29) is 0 Å². The first-order chi connectivity index (χ1) is 13.1. The van der Waals surface area contributed by atoms with Crippen molar-refractivity contribution in [1.82, 2.24) is 25.2 Å². The van der Waals surface area contributed by atoms with Gasteiger partial charge in [-0.15, -0.1) is 5.10 Å². The van der Waals surface area contributed by atoms with Crippen molar-refractivity contribution in [2.75, 3.05) is 6.61 Å². The van der Waals surface area contributed by atoms with Gasteiger partial charge in [-0.2, -0.15) is 5.10 Å². The fraction of sp³-hybridized carbons (Fsp3) is 0.353. The van der Waals surface area contributed by atoms with E-state index in [1.807, 2.05) is 6.07 Å². The zero-order valence-corrected chi connectivity index (χ0v) is 14.0. The van der Waals surface area contributed by atoms with Gasteiger partial charge in [0.05, 0.1) is 42.0 Å². The Kier molecular flexibility index (Phi) is 4.61. The molecule has 2 aromatic heterocycles. The lowest BCUT2D eigenvalue weighted by Gasteiger charge is -2.37. The number of benzene rings is 1. The summed E-state index contributed by atoms with van der Waals surface area (Å²) in [4.78, 5) is 0. The van der Waals surface area contributed by atoms with E-state index in [2.05, 4.69) is 32.4 Å². The SMILES string of the molecule is OC[C@H]1O[C@H](C#Cc2cc(-n3ccnn3)cc3cn[nH]c23)[C@@H](O)[C@@H](O)[C@@H]1O. The van der Waals surface area contributed by atoms with Crippen molar-refractivity contribution in [3.63, 3.8) is 0 Å². The van der Waals surface area contributed by atoms with Gasteiger partial charge in [-0.25, -0.2) is 4.68 Å². The molecule has 1 aliphatic rings. The van der Waals surface area contributed by atoms with Gasteiger partial charge in [-0.1, -0.05) is 17.1 Å². The van der Waals surface area contributed by atoms with E-state index >= 15 is 0 Å². The van der Waals surface area contributed by atoms with Crippen LogP contribution in [0.4, 0.5) is 0 Å². The summed E-state index contributed by atoms with van der Waals surface area (Å²) in [5, 5.41) is 54.5. The van der Waals surface area contributed by atoms with Gasteiger partial charge in [-0.3, -0.25) is 5.10 Å². The normalized spacial score (nSPS) is 28.1. The number of nitrogens with one attached hydrogen (secondary N) is 1. The fourth-order valence-corrected chi connectivity index (χ4v) is 2.99. The maximum atomic E-state index is 10.1. The van der Waals surface area contributed by atoms with Crippen LogP contribution in [0.5, 0.6) is 0 Å². The van der Waals surface area contributed by atoms with Crippen molar-refractivity contribution in [3.05, 3.63) is 36.3 Å². The summed E-state index contributed by atoms with van der Waals surface area (Å²) >= 11 is 0. The molecule has 0 aliphatic carbocycles. The number of fused-ring (bicyclic) bond motifs is 1. The number of aliphatic hydroxyl groups excluding tert-OH is 4. The Bertz CT molecular complexity index is 990. The minimum atomic E-state index is -1.47. The van der Waals surface area contributed by atoms with Gasteiger partial charge in [0, 0.05) is 5.39 Å². The maximum Gasteiger partial charge on any atom is 0.147 e. The first kappa shape index (κ1) is 17.6. The van der Waals surface area contributed by atoms with E-state index in [1.165, 1.54) is 0 Å². The van der Waals surface area contributed by atoms with Gasteiger partial charge < -0.3 is 25.2 Å². The molecule has 1 saturated heterocycles. The molecule has 140 valence electrons. The summed E-state index contributed by atoms with van der Waals surface area (Å²) in [7, 11) is 0. The van der Waals surface area contributed by atoms with Gasteiger partial charge in [0.25, 0.3) is 0 Å². The quantitative estimate of drug-likeness (QED) is 0.336. The van der Waals surface area contributed by atoms with E-state index < -0.39 is 37.1 Å². The zero-order valence-electron chi connectivity index (χ0n) is 14.0. The summed E-state index contributed by atoms with van der Waals surface area (Å²) in [6.45, 7) is -0.504. The predicted octanol–water partition coefficient (Wildman–Crippen LogP) is -1.66. The first-order valence-corrected chi connectivity index (χ1v) is 8.24. The van der Waals surface area contributed by atoms with Crippen LogP contribution < -0.4 is 0 Å². The molecule has 0 amide bonds. The highest BCUT2D eigenvalue weighted by Crippen LogP contribution is 2.23. The molecule has 0 bridgehead atoms. The van der Waals surface area contributed by atoms with Gasteiger partial charge in [0.15, 0.2) is 0 Å². The van der Waals surface area contributed by atoms with Gasteiger partial charge >= 0.3 is 0 Å². The standard InChI is InChI=1S/C17H17N5O5/c23-8-13-16(25)17(26)15(24)12(27-13)2-1-9-5-11(22-4-3-18-21-22)6-10-7-19-20-14(9)10/h3-7,12-13,15-17,23-26H,8H2,(H,19,20)/t12-,13-,15-,16-,17-/m1/s1. The summed E-state index contributed by atoms with van der Waals surface area (Å²) in [5.74, 6) is 5.67. The number of aromatic nitrogens is 5. The number of nitrogens with zero attached hydrogens (tertiary/aromatic N) is 4. The Hall–Kier alpha value is -2.81. The average molecular weight is 371 g/mol. The van der Waals surface area contributed by atoms with E-state index in [0.717, 1.165) is 11.1 Å². The average Bonchev–Trinajstić information content (AvgIpc) is 3.36. The minimum Gasteiger partial charge on any atom is -0.394 e. The lowest BCUT2D eigenvalue weighted by Crippen LogP contribution is -2.58. The molecule has 10 heteroatoms. The van der Waals surface area contributed by atoms with Crippen molar-refractivity contribution in [3.8, 4) is 17.5 Å². The fourth-order valence-electron chi connectivity index (χ4n) is 2.99. The molecule has 0 unspecified atom stereocenters. The smallest absolute Gasteiger partial charge is 0.147 e. The zero-order chi connectivity index (χ0) is 19.0. The molecule has 1 aromatic carbocycles. The molecule has 0 spiro atoms. The second-order valence-electron chi connectivity index (χ2n) is 6.19. The van der Waals surface area contributed by atoms with Crippen LogP contribution in [0.2, 0.25) is 0 Å². The summed E-state index contributed by atoms with van der Waals surface area (Å²) in [6, 6.07) is 3.64. The van der Waals surface area contributed by atoms with Crippen LogP contribution in [0.25, 0.3) is 16.6 Å². The van der Waals surface area contributed by atoms with Crippen molar-refractivity contribution in [2.24, 2.45) is 0 Å². The van der Waals surface area contributed by atoms with Crippen LogP contribution in [0.3, 0.4) is 0 Å². The van der Waals surface area contributed by atoms with Gasteiger partial charge in [0.1, 0.15) is 30.5 Å². The monoisotopic (exact) mass is 371 g/mol. The molecule has 5 atom stereocenters. The van der Waals surface area contributed by atoms with E-state index in [4.69, 9.17) is 4.74 Å². The first-order valence-electron chi connectivity index (χ1n) is 8.24. The molecule has 5 N–H and O–H groups in total. The van der Waals surface area contributed by atoms with Gasteiger partial charge in [0.2, 0.25) is 0 Å². The van der Waals surface area contributed by atoms with Crippen LogP contribution in [0, 0.1) is 11.8 Å². The Morgan fingerprint density at radius 2 is 2.04 bits per heavy atom. The number of aromatic amines is 1. The molecule has 3 aromatic rings. The Morgan fingerprint density at radius 3 is 2.78 bits per heavy atom. The molecule has 0 saturated carbocycles. The van der Waals surface area contributed by atoms with Gasteiger partial charge in [-0.05, 0) is 12.1 Å². The lowest BCUT2D eigenvalue weighted by atomic mass is 9.95. The number of rotatable bonds is 2. The highest BCUT2D eigenvalue weighted by atomic mass is 16.5. The van der Waals surface area contributed by atoms with Crippen LogP contribution >= 0.6 is 0 Å². The molecule has 4 rings (SSSR count). The molecule has 1 fully saturated rings. The van der Waals surface area contributed by atoms with E-state index in [9.17, 15) is 20.4 Å². The number of H-pyrrole nitrogens is 1. The molecule has 3 heterocycles. The highest BCUT2D eigenvalue weighted by molar-refractivity contribution is 5.86. The van der Waals surface area contributed by atoms with Crippen LogP contribution in [-0.4, -0.2) is 82.7 Å². The van der Waals surface area contributed by atoms with Crippen molar-refractivity contribution < 1.29 is 25.2 Å². The molecule has 1 aliphatic heterocycles. The van der Waals surface area contributed by atoms with Crippen LogP contribution in [0.15, 0.2) is 30.7 Å². The minimum absolute atomic E-state index is 0.504. The Balaban J connectivity index is 1.71. The Morgan fingerprint density at radius 1 is 1.19 bits per heavy atom. The topological polar surface area (TPSA) is 150 Å². The second kappa shape index (κ2) is 7.07. The molecule has 0 radical (unpaired) electrons. The summed E-state index contributed by atoms with van der Waals surface area (Å²) in [6.07, 6.45) is -1.48. The number of ether oxygens (including phenoxy) is 1. The Labute approximate surface area is 153 Å². The van der Waals surface area contributed by atoms with Crippen LogP contribution in [-0.2, 0) is 4.74 Å². The van der Waals surface area contributed by atoms with Crippen molar-refractivity contribution >= 4 is 10.9 Å². The number of hydrogen-bond donors (Lipinski definition) is 5. The lowest BCUT2D eigenvalue weighted by molar-refractivity contribution is -0.214. The third-order valence-corrected chi connectivity index (χ3v) is 4.46. The van der Waals surface area contributed by atoms with E-state index in [0.29, 0.717) is 11.1 Å². The predicted molar refractivity (Wildman–Crippen MR) is 91.7 cm³/mol. The van der Waals surface area contributed by atoms with Crippen molar-refractivity contribution in [1.29, 1.82) is 0 Å². The third kappa shape index (κ3) is 3.18. The molecular formula is C17H17N5O5. The largest absolute Gasteiger partial charge is 0.394 e. The molecule has 27 heavy (non-hydrogen) atoms. The van der Waals surface area contributed by atoms with Crippen molar-refractivity contribution in [2.45, 2.75) is 30.5 Å². The maximum absolute atomic E-state index is 10.1. The third-order valence-electron chi connectivity index (χ3n) is 4.46. The second-order valence-corrected chi connectivity index (χ2v) is 6.19. The van der Waals surface area contributed by atoms with Crippen LogP contribution in [0.1, 0.15) is 5.56 Å². The highest BCUT2D eigenvalue weighted by Gasteiger charge is 2.42. The summed E-state index contributed by atoms with van der Waals surface area (Å²) < 4.78 is 6.99. The summed E-state index contributed by atoms with van der Waals surface area (Å²) in [5.41, 5.74) is 1.99. The number of aliphatic hydroxyl groups is 4. The number of hydrogen-bond acceptors (Lipinski definition) is 8.